The van der Waals surface area contributed by atoms with Crippen molar-refractivity contribution in [3.8, 4) is 5.75 Å². The average molecular weight is 537 g/mol. The summed E-state index contributed by atoms with van der Waals surface area (Å²) >= 11 is 3.46. The second-order valence-electron chi connectivity index (χ2n) is 9.07. The van der Waals surface area contributed by atoms with E-state index in [9.17, 15) is 9.59 Å². The molecule has 3 aromatic rings. The fraction of sp³-hybridized carbons (Fsp3) is 0.310. The molecule has 0 bridgehead atoms. The molecule has 3 rings (SSSR count). The van der Waals surface area contributed by atoms with E-state index in [0.717, 1.165) is 26.7 Å². The van der Waals surface area contributed by atoms with Crippen LogP contribution in [0.2, 0.25) is 0 Å². The quantitative estimate of drug-likeness (QED) is 0.366. The Bertz CT molecular complexity index is 1130. The molecule has 0 aromatic heterocycles. The van der Waals surface area contributed by atoms with Crippen molar-refractivity contribution in [2.24, 2.45) is 0 Å². The predicted molar refractivity (Wildman–Crippen MR) is 143 cm³/mol. The van der Waals surface area contributed by atoms with E-state index in [1.807, 2.05) is 100 Å². The van der Waals surface area contributed by atoms with Gasteiger partial charge in [-0.2, -0.15) is 0 Å². The first-order chi connectivity index (χ1) is 16.7. The largest absolute Gasteiger partial charge is 0.483 e. The standard InChI is InChI=1S/C29H33BrN2O3/c1-20(2)31-29(34)26(17-23-8-6-5-7-9-23)32(18-24-12-14-25(30)15-13-24)28(33)19-35-27-16-21(3)10-11-22(27)4/h5-16,20,26H,17-19H2,1-4H3,(H,31,34)/t26-/m1/s1. The highest BCUT2D eigenvalue weighted by atomic mass is 79.9. The van der Waals surface area contributed by atoms with E-state index in [-0.39, 0.29) is 24.5 Å². The Morgan fingerprint density at radius 1 is 0.943 bits per heavy atom. The summed E-state index contributed by atoms with van der Waals surface area (Å²) in [6, 6.07) is 22.7. The van der Waals surface area contributed by atoms with Gasteiger partial charge in [-0.25, -0.2) is 0 Å². The van der Waals surface area contributed by atoms with E-state index in [4.69, 9.17) is 4.74 Å². The molecule has 0 saturated carbocycles. The normalized spacial score (nSPS) is 11.7. The van der Waals surface area contributed by atoms with Gasteiger partial charge in [0.25, 0.3) is 5.91 Å². The highest BCUT2D eigenvalue weighted by Crippen LogP contribution is 2.21. The molecule has 0 saturated heterocycles. The number of halogens is 1. The summed E-state index contributed by atoms with van der Waals surface area (Å²) in [6.07, 6.45) is 0.408. The van der Waals surface area contributed by atoms with E-state index in [1.54, 1.807) is 4.90 Å². The summed E-state index contributed by atoms with van der Waals surface area (Å²) in [5.74, 6) is 0.253. The smallest absolute Gasteiger partial charge is 0.261 e. The van der Waals surface area contributed by atoms with Gasteiger partial charge in [0, 0.05) is 23.5 Å². The summed E-state index contributed by atoms with van der Waals surface area (Å²) in [7, 11) is 0. The maximum atomic E-state index is 13.6. The van der Waals surface area contributed by atoms with E-state index in [1.165, 1.54) is 0 Å². The molecule has 0 radical (unpaired) electrons. The van der Waals surface area contributed by atoms with Crippen molar-refractivity contribution < 1.29 is 14.3 Å². The minimum absolute atomic E-state index is 0.0448. The molecule has 0 spiro atoms. The van der Waals surface area contributed by atoms with Gasteiger partial charge in [-0.3, -0.25) is 9.59 Å². The van der Waals surface area contributed by atoms with Gasteiger partial charge < -0.3 is 15.0 Å². The topological polar surface area (TPSA) is 58.6 Å². The molecular formula is C29H33BrN2O3. The Morgan fingerprint density at radius 3 is 2.29 bits per heavy atom. The van der Waals surface area contributed by atoms with Crippen LogP contribution in [0.1, 0.15) is 36.1 Å². The van der Waals surface area contributed by atoms with Crippen LogP contribution in [-0.2, 0) is 22.6 Å². The molecule has 6 heteroatoms. The van der Waals surface area contributed by atoms with Crippen molar-refractivity contribution in [3.05, 3.63) is 99.5 Å². The van der Waals surface area contributed by atoms with Crippen LogP contribution < -0.4 is 10.1 Å². The minimum Gasteiger partial charge on any atom is -0.483 e. The third-order valence-corrected chi connectivity index (χ3v) is 6.19. The Balaban J connectivity index is 1.91. The lowest BCUT2D eigenvalue weighted by atomic mass is 10.0. The van der Waals surface area contributed by atoms with Crippen LogP contribution in [0, 0.1) is 13.8 Å². The molecule has 35 heavy (non-hydrogen) atoms. The number of hydrogen-bond acceptors (Lipinski definition) is 3. The third kappa shape index (κ3) is 7.96. The first-order valence-corrected chi connectivity index (χ1v) is 12.6. The summed E-state index contributed by atoms with van der Waals surface area (Å²) in [4.78, 5) is 28.6. The first-order valence-electron chi connectivity index (χ1n) is 11.8. The number of carbonyl (C=O) groups is 2. The summed E-state index contributed by atoms with van der Waals surface area (Å²) in [5, 5.41) is 3.00. The zero-order valence-electron chi connectivity index (χ0n) is 20.8. The molecule has 0 heterocycles. The maximum Gasteiger partial charge on any atom is 0.261 e. The van der Waals surface area contributed by atoms with Crippen LogP contribution in [-0.4, -0.2) is 35.4 Å². The highest BCUT2D eigenvalue weighted by molar-refractivity contribution is 9.10. The number of nitrogens with one attached hydrogen (secondary N) is 1. The first kappa shape index (κ1) is 26.5. The van der Waals surface area contributed by atoms with Crippen molar-refractivity contribution in [3.63, 3.8) is 0 Å². The van der Waals surface area contributed by atoms with Gasteiger partial charge in [-0.05, 0) is 68.1 Å². The van der Waals surface area contributed by atoms with Crippen LogP contribution in [0.25, 0.3) is 0 Å². The van der Waals surface area contributed by atoms with Crippen molar-refractivity contribution in [2.45, 2.75) is 52.7 Å². The monoisotopic (exact) mass is 536 g/mol. The van der Waals surface area contributed by atoms with Gasteiger partial charge in [0.2, 0.25) is 5.91 Å². The van der Waals surface area contributed by atoms with Crippen molar-refractivity contribution in [1.29, 1.82) is 0 Å². The number of nitrogens with zero attached hydrogens (tertiary/aromatic N) is 1. The molecule has 1 atom stereocenters. The Hall–Kier alpha value is -3.12. The van der Waals surface area contributed by atoms with E-state index >= 15 is 0 Å². The Kier molecular flexibility index (Phi) is 9.49. The molecule has 1 N–H and O–H groups in total. The average Bonchev–Trinajstić information content (AvgIpc) is 2.83. The van der Waals surface area contributed by atoms with E-state index in [2.05, 4.69) is 21.2 Å². The number of amides is 2. The fourth-order valence-electron chi connectivity index (χ4n) is 3.81. The molecule has 2 amide bonds. The molecule has 3 aromatic carbocycles. The Labute approximate surface area is 216 Å². The molecule has 0 unspecified atom stereocenters. The summed E-state index contributed by atoms with van der Waals surface area (Å²) in [5.41, 5.74) is 3.94. The summed E-state index contributed by atoms with van der Waals surface area (Å²) < 4.78 is 6.90. The SMILES string of the molecule is Cc1ccc(C)c(OCC(=O)N(Cc2ccc(Br)cc2)[C@H](Cc2ccccc2)C(=O)NC(C)C)c1. The summed E-state index contributed by atoms with van der Waals surface area (Å²) in [6.45, 7) is 7.92. The molecule has 0 aliphatic carbocycles. The van der Waals surface area contributed by atoms with Gasteiger partial charge in [0.05, 0.1) is 0 Å². The Morgan fingerprint density at radius 2 is 1.63 bits per heavy atom. The van der Waals surface area contributed by atoms with E-state index < -0.39 is 6.04 Å². The number of benzene rings is 3. The van der Waals surface area contributed by atoms with Gasteiger partial charge in [0.1, 0.15) is 11.8 Å². The molecular weight excluding hydrogens is 504 g/mol. The molecule has 5 nitrogen and oxygen atoms in total. The van der Waals surface area contributed by atoms with Crippen molar-refractivity contribution in [2.75, 3.05) is 6.61 Å². The third-order valence-electron chi connectivity index (χ3n) is 5.66. The molecule has 0 fully saturated rings. The number of ether oxygens (including phenoxy) is 1. The zero-order chi connectivity index (χ0) is 25.4. The highest BCUT2D eigenvalue weighted by Gasteiger charge is 2.31. The van der Waals surface area contributed by atoms with Crippen LogP contribution in [0.3, 0.4) is 0 Å². The van der Waals surface area contributed by atoms with Crippen molar-refractivity contribution in [1.82, 2.24) is 10.2 Å². The van der Waals surface area contributed by atoms with Crippen LogP contribution in [0.15, 0.2) is 77.3 Å². The number of aryl methyl sites for hydroxylation is 2. The fourth-order valence-corrected chi connectivity index (χ4v) is 4.07. The van der Waals surface area contributed by atoms with Gasteiger partial charge in [-0.15, -0.1) is 0 Å². The van der Waals surface area contributed by atoms with Crippen LogP contribution in [0.5, 0.6) is 5.75 Å². The lowest BCUT2D eigenvalue weighted by molar-refractivity contribution is -0.143. The molecule has 0 aliphatic heterocycles. The van der Waals surface area contributed by atoms with E-state index in [0.29, 0.717) is 18.7 Å². The minimum atomic E-state index is -0.682. The number of hydrogen-bond donors (Lipinski definition) is 1. The lowest BCUT2D eigenvalue weighted by Crippen LogP contribution is -2.52. The predicted octanol–water partition coefficient (Wildman–Crippen LogP) is 5.61. The molecule has 184 valence electrons. The number of carbonyl (C=O) groups excluding carboxylic acids is 2. The molecule has 0 aliphatic rings. The zero-order valence-corrected chi connectivity index (χ0v) is 22.3. The number of rotatable bonds is 10. The van der Waals surface area contributed by atoms with Gasteiger partial charge >= 0.3 is 0 Å². The van der Waals surface area contributed by atoms with Crippen LogP contribution >= 0.6 is 15.9 Å². The van der Waals surface area contributed by atoms with Gasteiger partial charge in [0.15, 0.2) is 6.61 Å². The van der Waals surface area contributed by atoms with Crippen LogP contribution in [0.4, 0.5) is 0 Å². The second kappa shape index (κ2) is 12.5. The maximum absolute atomic E-state index is 13.6. The second-order valence-corrected chi connectivity index (χ2v) is 9.99. The van der Waals surface area contributed by atoms with Crippen molar-refractivity contribution >= 4 is 27.7 Å². The lowest BCUT2D eigenvalue weighted by Gasteiger charge is -2.32. The van der Waals surface area contributed by atoms with Gasteiger partial charge in [-0.1, -0.05) is 70.5 Å².